The summed E-state index contributed by atoms with van der Waals surface area (Å²) in [4.78, 5) is 13.6. The molecule has 0 aromatic heterocycles. The second kappa shape index (κ2) is 6.52. The van der Waals surface area contributed by atoms with Gasteiger partial charge < -0.3 is 14.7 Å². The zero-order valence-electron chi connectivity index (χ0n) is 10.4. The van der Waals surface area contributed by atoms with Gasteiger partial charge in [-0.1, -0.05) is 30.3 Å². The van der Waals surface area contributed by atoms with E-state index in [2.05, 4.69) is 0 Å². The van der Waals surface area contributed by atoms with Crippen molar-refractivity contribution in [2.24, 2.45) is 0 Å². The van der Waals surface area contributed by atoms with Gasteiger partial charge in [0.2, 0.25) is 5.91 Å². The highest BCUT2D eigenvalue weighted by molar-refractivity contribution is 5.78. The summed E-state index contributed by atoms with van der Waals surface area (Å²) in [6.07, 6.45) is 1.86. The summed E-state index contributed by atoms with van der Waals surface area (Å²) in [5, 5.41) is 9.15. The molecule has 1 aliphatic heterocycles. The van der Waals surface area contributed by atoms with Crippen molar-refractivity contribution in [1.82, 2.24) is 4.90 Å². The van der Waals surface area contributed by atoms with Crippen LogP contribution in [0.3, 0.4) is 0 Å². The zero-order chi connectivity index (χ0) is 12.8. The van der Waals surface area contributed by atoms with Crippen molar-refractivity contribution in [2.75, 3.05) is 19.8 Å². The number of aliphatic hydroxyl groups is 1. The third kappa shape index (κ3) is 3.31. The van der Waals surface area contributed by atoms with Crippen LogP contribution < -0.4 is 0 Å². The van der Waals surface area contributed by atoms with E-state index in [1.807, 2.05) is 30.3 Å². The van der Waals surface area contributed by atoms with Crippen LogP contribution in [0.15, 0.2) is 30.3 Å². The number of amides is 1. The highest BCUT2D eigenvalue weighted by atomic mass is 16.5. The summed E-state index contributed by atoms with van der Waals surface area (Å²) in [6.45, 7) is 1.32. The van der Waals surface area contributed by atoms with Gasteiger partial charge in [0.15, 0.2) is 0 Å². The summed E-state index contributed by atoms with van der Waals surface area (Å²) in [6, 6.07) is 9.77. The molecule has 0 radical (unpaired) electrons. The van der Waals surface area contributed by atoms with Crippen LogP contribution in [0, 0.1) is 0 Å². The lowest BCUT2D eigenvalue weighted by molar-refractivity contribution is -0.138. The minimum absolute atomic E-state index is 0.0159. The Morgan fingerprint density at radius 3 is 2.89 bits per heavy atom. The van der Waals surface area contributed by atoms with Gasteiger partial charge in [-0.2, -0.15) is 0 Å². The molecule has 1 N–H and O–H groups in total. The molecule has 0 aliphatic carbocycles. The first kappa shape index (κ1) is 13.1. The van der Waals surface area contributed by atoms with Crippen LogP contribution in [0.4, 0.5) is 0 Å². The van der Waals surface area contributed by atoms with Crippen molar-refractivity contribution in [1.29, 1.82) is 0 Å². The number of carbonyl (C=O) groups is 1. The van der Waals surface area contributed by atoms with Crippen LogP contribution in [-0.2, 0) is 16.1 Å². The van der Waals surface area contributed by atoms with E-state index in [1.165, 1.54) is 0 Å². The molecule has 1 amide bonds. The van der Waals surface area contributed by atoms with Gasteiger partial charge in [0.1, 0.15) is 6.61 Å². The number of rotatable bonds is 5. The Bertz CT molecular complexity index is 380. The predicted molar refractivity (Wildman–Crippen MR) is 67.9 cm³/mol. The highest BCUT2D eigenvalue weighted by Crippen LogP contribution is 2.16. The Kier molecular flexibility index (Phi) is 4.73. The van der Waals surface area contributed by atoms with Crippen molar-refractivity contribution in [3.8, 4) is 0 Å². The molecule has 0 bridgehead atoms. The van der Waals surface area contributed by atoms with E-state index in [0.29, 0.717) is 6.61 Å². The molecular weight excluding hydrogens is 230 g/mol. The van der Waals surface area contributed by atoms with Crippen LogP contribution in [0.1, 0.15) is 18.4 Å². The van der Waals surface area contributed by atoms with E-state index < -0.39 is 0 Å². The average Bonchev–Trinajstić information content (AvgIpc) is 2.88. The molecule has 1 atom stereocenters. The number of hydrogen-bond donors (Lipinski definition) is 1. The van der Waals surface area contributed by atoms with Crippen molar-refractivity contribution < 1.29 is 14.6 Å². The molecule has 1 aromatic carbocycles. The molecule has 0 spiro atoms. The van der Waals surface area contributed by atoms with Crippen LogP contribution in [0.25, 0.3) is 0 Å². The SMILES string of the molecule is O=C(COCc1ccccc1)N1CCCC1CO. The summed E-state index contributed by atoms with van der Waals surface area (Å²) < 4.78 is 5.41. The third-order valence-electron chi connectivity index (χ3n) is 3.25. The predicted octanol–water partition coefficient (Wildman–Crippen LogP) is 1.19. The topological polar surface area (TPSA) is 49.8 Å². The second-order valence-electron chi connectivity index (χ2n) is 4.54. The molecule has 2 rings (SSSR count). The maximum absolute atomic E-state index is 11.9. The van der Waals surface area contributed by atoms with Gasteiger partial charge in [0.25, 0.3) is 0 Å². The molecule has 98 valence electrons. The summed E-state index contributed by atoms with van der Waals surface area (Å²) >= 11 is 0. The molecule has 0 saturated carbocycles. The van der Waals surface area contributed by atoms with Gasteiger partial charge in [0, 0.05) is 6.54 Å². The number of ether oxygens (including phenoxy) is 1. The Labute approximate surface area is 107 Å². The van der Waals surface area contributed by atoms with Crippen LogP contribution in [0.2, 0.25) is 0 Å². The quantitative estimate of drug-likeness (QED) is 0.852. The molecule has 18 heavy (non-hydrogen) atoms. The average molecular weight is 249 g/mol. The summed E-state index contributed by atoms with van der Waals surface area (Å²) in [7, 11) is 0. The van der Waals surface area contributed by atoms with E-state index in [0.717, 1.165) is 24.9 Å². The van der Waals surface area contributed by atoms with Crippen LogP contribution in [-0.4, -0.2) is 41.7 Å². The van der Waals surface area contributed by atoms with Crippen molar-refractivity contribution in [3.63, 3.8) is 0 Å². The van der Waals surface area contributed by atoms with Gasteiger partial charge in [-0.05, 0) is 18.4 Å². The first-order valence-electron chi connectivity index (χ1n) is 6.33. The molecular formula is C14H19NO3. The monoisotopic (exact) mass is 249 g/mol. The molecule has 1 heterocycles. The Morgan fingerprint density at radius 2 is 2.17 bits per heavy atom. The standard InChI is InChI=1S/C14H19NO3/c16-9-13-7-4-8-15(13)14(17)11-18-10-12-5-2-1-3-6-12/h1-3,5-6,13,16H,4,7-11H2. The summed E-state index contributed by atoms with van der Waals surface area (Å²) in [5.41, 5.74) is 1.06. The van der Waals surface area contributed by atoms with Gasteiger partial charge in [-0.3, -0.25) is 4.79 Å². The first-order chi connectivity index (χ1) is 8.81. The third-order valence-corrected chi connectivity index (χ3v) is 3.25. The highest BCUT2D eigenvalue weighted by Gasteiger charge is 2.27. The number of aliphatic hydroxyl groups excluding tert-OH is 1. The number of benzene rings is 1. The fraction of sp³-hybridized carbons (Fsp3) is 0.500. The Morgan fingerprint density at radius 1 is 1.39 bits per heavy atom. The van der Waals surface area contributed by atoms with E-state index in [4.69, 9.17) is 9.84 Å². The lowest BCUT2D eigenvalue weighted by Gasteiger charge is -2.22. The molecule has 1 aromatic rings. The molecule has 4 heteroatoms. The number of likely N-dealkylation sites (tertiary alicyclic amines) is 1. The normalized spacial score (nSPS) is 19.2. The number of carbonyl (C=O) groups excluding carboxylic acids is 1. The van der Waals surface area contributed by atoms with Crippen molar-refractivity contribution >= 4 is 5.91 Å². The van der Waals surface area contributed by atoms with E-state index >= 15 is 0 Å². The van der Waals surface area contributed by atoms with Gasteiger partial charge >= 0.3 is 0 Å². The molecule has 1 unspecified atom stereocenters. The van der Waals surface area contributed by atoms with Crippen molar-refractivity contribution in [3.05, 3.63) is 35.9 Å². The van der Waals surface area contributed by atoms with E-state index in [1.54, 1.807) is 4.90 Å². The van der Waals surface area contributed by atoms with Crippen molar-refractivity contribution in [2.45, 2.75) is 25.5 Å². The Balaban J connectivity index is 1.75. The first-order valence-corrected chi connectivity index (χ1v) is 6.33. The van der Waals surface area contributed by atoms with E-state index in [9.17, 15) is 4.79 Å². The van der Waals surface area contributed by atoms with Gasteiger partial charge in [-0.15, -0.1) is 0 Å². The maximum Gasteiger partial charge on any atom is 0.248 e. The summed E-state index contributed by atoms with van der Waals surface area (Å²) in [5.74, 6) is -0.0255. The van der Waals surface area contributed by atoms with Gasteiger partial charge in [-0.25, -0.2) is 0 Å². The number of nitrogens with zero attached hydrogens (tertiary/aromatic N) is 1. The minimum atomic E-state index is -0.0255. The maximum atomic E-state index is 11.9. The molecule has 1 saturated heterocycles. The Hall–Kier alpha value is -1.39. The lowest BCUT2D eigenvalue weighted by Crippen LogP contribution is -2.39. The zero-order valence-corrected chi connectivity index (χ0v) is 10.4. The molecule has 1 fully saturated rings. The van der Waals surface area contributed by atoms with E-state index in [-0.39, 0.29) is 25.2 Å². The fourth-order valence-electron chi connectivity index (χ4n) is 2.27. The molecule has 1 aliphatic rings. The van der Waals surface area contributed by atoms with Crippen LogP contribution >= 0.6 is 0 Å². The lowest BCUT2D eigenvalue weighted by atomic mass is 10.2. The fourth-order valence-corrected chi connectivity index (χ4v) is 2.27. The van der Waals surface area contributed by atoms with Gasteiger partial charge in [0.05, 0.1) is 19.3 Å². The largest absolute Gasteiger partial charge is 0.394 e. The number of hydrogen-bond acceptors (Lipinski definition) is 3. The molecule has 4 nitrogen and oxygen atoms in total. The smallest absolute Gasteiger partial charge is 0.248 e. The second-order valence-corrected chi connectivity index (χ2v) is 4.54. The minimum Gasteiger partial charge on any atom is -0.394 e. The van der Waals surface area contributed by atoms with Crippen LogP contribution in [0.5, 0.6) is 0 Å².